The molecule has 1 heterocycles. The van der Waals surface area contributed by atoms with Gasteiger partial charge in [-0.25, -0.2) is 4.39 Å². The first-order chi connectivity index (χ1) is 8.58. The minimum Gasteiger partial charge on any atom is -0.508 e. The molecule has 1 aromatic rings. The van der Waals surface area contributed by atoms with E-state index in [0.717, 1.165) is 12.8 Å². The quantitative estimate of drug-likeness (QED) is 0.864. The van der Waals surface area contributed by atoms with E-state index in [4.69, 9.17) is 5.11 Å². The van der Waals surface area contributed by atoms with E-state index in [1.54, 1.807) is 4.90 Å². The van der Waals surface area contributed by atoms with Crippen LogP contribution >= 0.6 is 0 Å². The van der Waals surface area contributed by atoms with Gasteiger partial charge in [-0.15, -0.1) is 0 Å². The summed E-state index contributed by atoms with van der Waals surface area (Å²) in [6, 6.07) is 3.19. The van der Waals surface area contributed by atoms with E-state index < -0.39 is 17.8 Å². The Morgan fingerprint density at radius 1 is 1.44 bits per heavy atom. The summed E-state index contributed by atoms with van der Waals surface area (Å²) in [5.74, 6) is -1.27. The van der Waals surface area contributed by atoms with Crippen molar-refractivity contribution in [2.45, 2.75) is 31.8 Å². The van der Waals surface area contributed by atoms with Crippen LogP contribution in [0.25, 0.3) is 0 Å². The van der Waals surface area contributed by atoms with Crippen LogP contribution in [-0.4, -0.2) is 33.7 Å². The summed E-state index contributed by atoms with van der Waals surface area (Å²) in [5.41, 5.74) is 0.433. The standard InChI is InChI=1S/C13H16FNO3/c14-10-4-5-12(16)9(7-10)8-15-6-2-1-3-11(15)13(17)18/h4-5,7,11,16H,1-3,6,8H2,(H,17,18). The first-order valence-electron chi connectivity index (χ1n) is 6.02. The van der Waals surface area contributed by atoms with Crippen LogP contribution in [0.2, 0.25) is 0 Å². The number of hydrogen-bond donors (Lipinski definition) is 2. The molecule has 0 radical (unpaired) electrons. The third-order valence-corrected chi connectivity index (χ3v) is 3.31. The number of aromatic hydroxyl groups is 1. The average molecular weight is 253 g/mol. The van der Waals surface area contributed by atoms with E-state index >= 15 is 0 Å². The number of benzene rings is 1. The van der Waals surface area contributed by atoms with Crippen molar-refractivity contribution in [3.8, 4) is 5.75 Å². The zero-order valence-electron chi connectivity index (χ0n) is 9.97. The Bertz CT molecular complexity index is 450. The van der Waals surface area contributed by atoms with E-state index in [1.807, 2.05) is 0 Å². The van der Waals surface area contributed by atoms with Crippen LogP contribution < -0.4 is 0 Å². The third kappa shape index (κ3) is 2.79. The highest BCUT2D eigenvalue weighted by Gasteiger charge is 2.28. The zero-order chi connectivity index (χ0) is 13.1. The number of nitrogens with zero attached hydrogens (tertiary/aromatic N) is 1. The van der Waals surface area contributed by atoms with Crippen LogP contribution in [0.3, 0.4) is 0 Å². The topological polar surface area (TPSA) is 60.8 Å². The Morgan fingerprint density at radius 2 is 2.22 bits per heavy atom. The minimum absolute atomic E-state index is 0.00566. The van der Waals surface area contributed by atoms with E-state index in [-0.39, 0.29) is 12.3 Å². The average Bonchev–Trinajstić information content (AvgIpc) is 2.34. The van der Waals surface area contributed by atoms with Crippen molar-refractivity contribution in [3.05, 3.63) is 29.6 Å². The van der Waals surface area contributed by atoms with Gasteiger partial charge in [0.2, 0.25) is 0 Å². The molecule has 0 aromatic heterocycles. The molecule has 0 amide bonds. The molecular formula is C13H16FNO3. The number of phenolic OH excluding ortho intramolecular Hbond substituents is 1. The van der Waals surface area contributed by atoms with Crippen molar-refractivity contribution in [2.24, 2.45) is 0 Å². The zero-order valence-corrected chi connectivity index (χ0v) is 9.97. The monoisotopic (exact) mass is 253 g/mol. The highest BCUT2D eigenvalue weighted by molar-refractivity contribution is 5.73. The number of carbonyl (C=O) groups is 1. The van der Waals surface area contributed by atoms with Gasteiger partial charge in [0.15, 0.2) is 0 Å². The second-order valence-electron chi connectivity index (χ2n) is 4.59. The molecule has 1 aliphatic rings. The summed E-state index contributed by atoms with van der Waals surface area (Å²) in [5, 5.41) is 18.8. The third-order valence-electron chi connectivity index (χ3n) is 3.31. The van der Waals surface area contributed by atoms with Gasteiger partial charge in [-0.1, -0.05) is 6.42 Å². The number of piperidine rings is 1. The highest BCUT2D eigenvalue weighted by atomic mass is 19.1. The smallest absolute Gasteiger partial charge is 0.320 e. The lowest BCUT2D eigenvalue weighted by molar-refractivity contribution is -0.144. The summed E-state index contributed by atoms with van der Waals surface area (Å²) in [6.45, 7) is 0.924. The lowest BCUT2D eigenvalue weighted by atomic mass is 10.0. The van der Waals surface area contributed by atoms with Crippen molar-refractivity contribution in [2.75, 3.05) is 6.54 Å². The Hall–Kier alpha value is -1.62. The van der Waals surface area contributed by atoms with Crippen LogP contribution in [0.1, 0.15) is 24.8 Å². The van der Waals surface area contributed by atoms with Crippen LogP contribution in [0.4, 0.5) is 4.39 Å². The Morgan fingerprint density at radius 3 is 2.94 bits per heavy atom. The van der Waals surface area contributed by atoms with Crippen molar-refractivity contribution < 1.29 is 19.4 Å². The summed E-state index contributed by atoms with van der Waals surface area (Å²) in [6.07, 6.45) is 2.42. The maximum Gasteiger partial charge on any atom is 0.320 e. The van der Waals surface area contributed by atoms with E-state index in [0.29, 0.717) is 18.5 Å². The second kappa shape index (κ2) is 5.35. The normalized spacial score (nSPS) is 20.8. The first kappa shape index (κ1) is 12.8. The number of hydrogen-bond acceptors (Lipinski definition) is 3. The van der Waals surface area contributed by atoms with Crippen LogP contribution in [0, 0.1) is 5.82 Å². The highest BCUT2D eigenvalue weighted by Crippen LogP contribution is 2.24. The predicted molar refractivity (Wildman–Crippen MR) is 63.7 cm³/mol. The van der Waals surface area contributed by atoms with E-state index in [1.165, 1.54) is 18.2 Å². The maximum atomic E-state index is 13.1. The van der Waals surface area contributed by atoms with Crippen LogP contribution in [0.5, 0.6) is 5.75 Å². The molecule has 0 saturated carbocycles. The molecule has 18 heavy (non-hydrogen) atoms. The number of likely N-dealkylation sites (tertiary alicyclic amines) is 1. The molecule has 1 saturated heterocycles. The summed E-state index contributed by atoms with van der Waals surface area (Å²) in [4.78, 5) is 12.9. The first-order valence-corrected chi connectivity index (χ1v) is 6.02. The van der Waals surface area contributed by atoms with Crippen molar-refractivity contribution in [3.63, 3.8) is 0 Å². The largest absolute Gasteiger partial charge is 0.508 e. The molecule has 5 heteroatoms. The molecule has 0 aliphatic carbocycles. The number of halogens is 1. The number of aliphatic carboxylic acids is 1. The van der Waals surface area contributed by atoms with E-state index in [2.05, 4.69) is 0 Å². The molecule has 4 nitrogen and oxygen atoms in total. The molecule has 1 unspecified atom stereocenters. The van der Waals surface area contributed by atoms with Gasteiger partial charge in [-0.3, -0.25) is 9.69 Å². The van der Waals surface area contributed by atoms with Gasteiger partial charge in [-0.2, -0.15) is 0 Å². The maximum absolute atomic E-state index is 13.1. The Kier molecular flexibility index (Phi) is 3.81. The minimum atomic E-state index is -0.856. The van der Waals surface area contributed by atoms with Crippen molar-refractivity contribution in [1.29, 1.82) is 0 Å². The molecule has 98 valence electrons. The summed E-state index contributed by atoms with van der Waals surface area (Å²) < 4.78 is 13.1. The SMILES string of the molecule is O=C(O)C1CCCCN1Cc1cc(F)ccc1O. The van der Waals surface area contributed by atoms with Gasteiger partial charge in [0.1, 0.15) is 17.6 Å². The van der Waals surface area contributed by atoms with Gasteiger partial charge in [0.25, 0.3) is 0 Å². The van der Waals surface area contributed by atoms with Crippen LogP contribution in [-0.2, 0) is 11.3 Å². The van der Waals surface area contributed by atoms with Gasteiger partial charge < -0.3 is 10.2 Å². The lowest BCUT2D eigenvalue weighted by Gasteiger charge is -2.32. The number of carboxylic acids is 1. The molecular weight excluding hydrogens is 237 g/mol. The molecule has 1 fully saturated rings. The van der Waals surface area contributed by atoms with Crippen molar-refractivity contribution in [1.82, 2.24) is 4.90 Å². The number of rotatable bonds is 3. The van der Waals surface area contributed by atoms with Gasteiger partial charge in [-0.05, 0) is 37.6 Å². The number of phenols is 1. The van der Waals surface area contributed by atoms with Crippen molar-refractivity contribution >= 4 is 5.97 Å². The fourth-order valence-corrected chi connectivity index (χ4v) is 2.36. The molecule has 1 atom stereocenters. The molecule has 0 bridgehead atoms. The molecule has 2 N–H and O–H groups in total. The van der Waals surface area contributed by atoms with E-state index in [9.17, 15) is 14.3 Å². The second-order valence-corrected chi connectivity index (χ2v) is 4.59. The van der Waals surface area contributed by atoms with Gasteiger partial charge in [0.05, 0.1) is 0 Å². The Balaban J connectivity index is 2.15. The summed E-state index contributed by atoms with van der Waals surface area (Å²) >= 11 is 0. The van der Waals surface area contributed by atoms with Gasteiger partial charge >= 0.3 is 5.97 Å². The Labute approximate surface area is 105 Å². The summed E-state index contributed by atoms with van der Waals surface area (Å²) in [7, 11) is 0. The predicted octanol–water partition coefficient (Wildman–Crippen LogP) is 1.97. The molecule has 1 aromatic carbocycles. The number of carboxylic acid groups (broad SMARTS) is 1. The lowest BCUT2D eigenvalue weighted by Crippen LogP contribution is -2.44. The van der Waals surface area contributed by atoms with Gasteiger partial charge in [0, 0.05) is 12.1 Å². The fourth-order valence-electron chi connectivity index (χ4n) is 2.36. The van der Waals surface area contributed by atoms with Crippen LogP contribution in [0.15, 0.2) is 18.2 Å². The molecule has 0 spiro atoms. The molecule has 2 rings (SSSR count). The fraction of sp³-hybridized carbons (Fsp3) is 0.462. The molecule has 1 aliphatic heterocycles.